The first-order chi connectivity index (χ1) is 11.8. The molecule has 0 spiro atoms. The molecule has 0 saturated carbocycles. The maximum absolute atomic E-state index is 12.7. The highest BCUT2D eigenvalue weighted by atomic mass is 19.4. The Balaban J connectivity index is 1.49. The number of hydrogen-bond donors (Lipinski definition) is 3. The number of halogens is 3. The topological polar surface area (TPSA) is 70.2 Å². The van der Waals surface area contributed by atoms with Crippen molar-refractivity contribution in [1.29, 1.82) is 0 Å². The first kappa shape index (κ1) is 17.7. The number of fused-ring (bicyclic) bond motifs is 2. The number of nitrogens with one attached hydrogen (secondary N) is 3. The summed E-state index contributed by atoms with van der Waals surface area (Å²) < 4.78 is 38.0. The van der Waals surface area contributed by atoms with Gasteiger partial charge >= 0.3 is 6.18 Å². The van der Waals surface area contributed by atoms with E-state index in [0.717, 1.165) is 37.8 Å². The van der Waals surface area contributed by atoms with E-state index in [1.54, 1.807) is 0 Å². The second-order valence-corrected chi connectivity index (χ2v) is 6.63. The number of piperidine rings is 1. The van der Waals surface area contributed by atoms with Crippen LogP contribution in [0.3, 0.4) is 0 Å². The minimum atomic E-state index is -4.51. The molecule has 1 aromatic carbocycles. The second-order valence-electron chi connectivity index (χ2n) is 6.63. The van der Waals surface area contributed by atoms with E-state index in [4.69, 9.17) is 0 Å². The quantitative estimate of drug-likeness (QED) is 0.772. The zero-order valence-corrected chi connectivity index (χ0v) is 13.5. The van der Waals surface area contributed by atoms with Crippen molar-refractivity contribution in [3.63, 3.8) is 0 Å². The number of carbonyl (C=O) groups is 2. The van der Waals surface area contributed by atoms with E-state index >= 15 is 0 Å². The molecule has 3 atom stereocenters. The summed E-state index contributed by atoms with van der Waals surface area (Å²) in [5.74, 6) is -1.03. The minimum absolute atomic E-state index is 0.0803. The summed E-state index contributed by atoms with van der Waals surface area (Å²) in [7, 11) is 0. The predicted molar refractivity (Wildman–Crippen MR) is 84.9 cm³/mol. The Hall–Kier alpha value is -2.09. The Morgan fingerprint density at radius 1 is 1.16 bits per heavy atom. The van der Waals surface area contributed by atoms with Gasteiger partial charge in [-0.15, -0.1) is 0 Å². The van der Waals surface area contributed by atoms with Crippen LogP contribution in [0.1, 0.15) is 41.6 Å². The van der Waals surface area contributed by atoms with Crippen molar-refractivity contribution in [2.45, 2.75) is 50.0 Å². The predicted octanol–water partition coefficient (Wildman–Crippen LogP) is 1.83. The van der Waals surface area contributed by atoms with Gasteiger partial charge in [0.15, 0.2) is 0 Å². The lowest BCUT2D eigenvalue weighted by Crippen LogP contribution is -2.50. The summed E-state index contributed by atoms with van der Waals surface area (Å²) in [6, 6.07) is 5.08. The van der Waals surface area contributed by atoms with Gasteiger partial charge in [-0.1, -0.05) is 6.07 Å². The lowest BCUT2D eigenvalue weighted by Gasteiger charge is -2.29. The van der Waals surface area contributed by atoms with Gasteiger partial charge < -0.3 is 16.0 Å². The monoisotopic (exact) mass is 355 g/mol. The standard InChI is InChI=1S/C17H20F3N3O2/c18-17(19,20)11-3-1-2-10(6-11)16(25)21-9-15(24)23-14-7-12-4-5-13(8-14)22-12/h1-3,6,12-14,22H,4-5,7-9H2,(H,21,25)(H,23,24)/t12-,13+,14-. The Bertz CT molecular complexity index is 651. The number of rotatable bonds is 4. The fourth-order valence-electron chi connectivity index (χ4n) is 3.55. The van der Waals surface area contributed by atoms with Crippen LogP contribution < -0.4 is 16.0 Å². The van der Waals surface area contributed by atoms with E-state index in [1.165, 1.54) is 12.1 Å². The van der Waals surface area contributed by atoms with Crippen LogP contribution in [0.15, 0.2) is 24.3 Å². The van der Waals surface area contributed by atoms with E-state index < -0.39 is 17.6 Å². The molecule has 1 aromatic rings. The summed E-state index contributed by atoms with van der Waals surface area (Å²) in [5.41, 5.74) is -1.02. The van der Waals surface area contributed by atoms with Crippen LogP contribution in [0.2, 0.25) is 0 Å². The second kappa shape index (κ2) is 7.03. The van der Waals surface area contributed by atoms with Gasteiger partial charge in [0.1, 0.15) is 0 Å². The molecule has 2 saturated heterocycles. The van der Waals surface area contributed by atoms with Gasteiger partial charge in [-0.2, -0.15) is 13.2 Å². The molecule has 3 N–H and O–H groups in total. The normalized spacial score (nSPS) is 25.5. The minimum Gasteiger partial charge on any atom is -0.352 e. The zero-order valence-electron chi connectivity index (χ0n) is 13.5. The summed E-state index contributed by atoms with van der Waals surface area (Å²) in [5, 5.41) is 8.73. The number of carbonyl (C=O) groups excluding carboxylic acids is 2. The Kier molecular flexibility index (Phi) is 4.99. The van der Waals surface area contributed by atoms with Crippen molar-refractivity contribution >= 4 is 11.8 Å². The van der Waals surface area contributed by atoms with Crippen molar-refractivity contribution in [3.8, 4) is 0 Å². The van der Waals surface area contributed by atoms with Crippen LogP contribution in [-0.2, 0) is 11.0 Å². The van der Waals surface area contributed by atoms with Crippen LogP contribution in [0.25, 0.3) is 0 Å². The van der Waals surface area contributed by atoms with Gasteiger partial charge in [-0.05, 0) is 43.9 Å². The third-order valence-electron chi connectivity index (χ3n) is 4.70. The molecule has 2 bridgehead atoms. The maximum Gasteiger partial charge on any atom is 0.416 e. The van der Waals surface area contributed by atoms with E-state index in [0.29, 0.717) is 12.1 Å². The largest absolute Gasteiger partial charge is 0.416 e. The molecule has 2 aliphatic rings. The molecule has 0 aliphatic carbocycles. The Labute approximate surface area is 143 Å². The highest BCUT2D eigenvalue weighted by molar-refractivity contribution is 5.96. The van der Waals surface area contributed by atoms with Crippen molar-refractivity contribution in [1.82, 2.24) is 16.0 Å². The van der Waals surface area contributed by atoms with Gasteiger partial charge in [0.2, 0.25) is 5.91 Å². The van der Waals surface area contributed by atoms with Crippen molar-refractivity contribution in [2.24, 2.45) is 0 Å². The third kappa shape index (κ3) is 4.50. The maximum atomic E-state index is 12.7. The molecule has 0 radical (unpaired) electrons. The molecule has 2 aliphatic heterocycles. The van der Waals surface area contributed by atoms with Crippen LogP contribution in [0.4, 0.5) is 13.2 Å². The fourth-order valence-corrected chi connectivity index (χ4v) is 3.55. The van der Waals surface area contributed by atoms with Crippen molar-refractivity contribution < 1.29 is 22.8 Å². The molecule has 3 rings (SSSR count). The van der Waals surface area contributed by atoms with Crippen molar-refractivity contribution in [3.05, 3.63) is 35.4 Å². The molecule has 2 heterocycles. The highest BCUT2D eigenvalue weighted by Gasteiger charge is 2.34. The molecule has 0 aromatic heterocycles. The molecule has 2 fully saturated rings. The number of amides is 2. The van der Waals surface area contributed by atoms with Crippen LogP contribution in [0, 0.1) is 0 Å². The molecule has 8 heteroatoms. The zero-order chi connectivity index (χ0) is 18.0. The Morgan fingerprint density at radius 3 is 2.48 bits per heavy atom. The van der Waals surface area contributed by atoms with Gasteiger partial charge in [0.25, 0.3) is 5.91 Å². The summed E-state index contributed by atoms with van der Waals surface area (Å²) in [4.78, 5) is 23.9. The molecule has 0 unspecified atom stereocenters. The summed E-state index contributed by atoms with van der Waals surface area (Å²) in [6.45, 7) is -0.256. The molecule has 2 amide bonds. The molecular formula is C17H20F3N3O2. The molecule has 25 heavy (non-hydrogen) atoms. The van der Waals surface area contributed by atoms with Crippen LogP contribution in [0.5, 0.6) is 0 Å². The Morgan fingerprint density at radius 2 is 1.84 bits per heavy atom. The molecule has 5 nitrogen and oxygen atoms in total. The molecule has 136 valence electrons. The SMILES string of the molecule is O=C(CNC(=O)c1cccc(C(F)(F)F)c1)N[C@@H]1C[C@H]2CC[C@@H](C1)N2. The van der Waals surface area contributed by atoms with Gasteiger partial charge in [-0.25, -0.2) is 0 Å². The van der Waals surface area contributed by atoms with Gasteiger partial charge in [0, 0.05) is 23.7 Å². The first-order valence-electron chi connectivity index (χ1n) is 8.32. The smallest absolute Gasteiger partial charge is 0.352 e. The third-order valence-corrected chi connectivity index (χ3v) is 4.70. The van der Waals surface area contributed by atoms with E-state index in [2.05, 4.69) is 16.0 Å². The van der Waals surface area contributed by atoms with Gasteiger partial charge in [-0.3, -0.25) is 9.59 Å². The van der Waals surface area contributed by atoms with E-state index in [1.807, 2.05) is 0 Å². The fraction of sp³-hybridized carbons (Fsp3) is 0.529. The molecular weight excluding hydrogens is 335 g/mol. The average molecular weight is 355 g/mol. The van der Waals surface area contributed by atoms with Crippen LogP contribution >= 0.6 is 0 Å². The van der Waals surface area contributed by atoms with E-state index in [-0.39, 0.29) is 24.1 Å². The lowest BCUT2D eigenvalue weighted by atomic mass is 10.00. The van der Waals surface area contributed by atoms with Crippen LogP contribution in [-0.4, -0.2) is 36.5 Å². The average Bonchev–Trinajstić information content (AvgIpc) is 2.90. The van der Waals surface area contributed by atoms with Gasteiger partial charge in [0.05, 0.1) is 12.1 Å². The van der Waals surface area contributed by atoms with E-state index in [9.17, 15) is 22.8 Å². The highest BCUT2D eigenvalue weighted by Crippen LogP contribution is 2.29. The summed E-state index contributed by atoms with van der Waals surface area (Å²) in [6.07, 6.45) is -0.553. The number of benzene rings is 1. The number of alkyl halides is 3. The number of hydrogen-bond acceptors (Lipinski definition) is 3. The first-order valence-corrected chi connectivity index (χ1v) is 8.32. The lowest BCUT2D eigenvalue weighted by molar-refractivity contribution is -0.137. The summed E-state index contributed by atoms with van der Waals surface area (Å²) >= 11 is 0. The van der Waals surface area contributed by atoms with Crippen molar-refractivity contribution in [2.75, 3.05) is 6.54 Å².